The van der Waals surface area contributed by atoms with Crippen molar-refractivity contribution < 1.29 is 4.42 Å². The summed E-state index contributed by atoms with van der Waals surface area (Å²) in [6, 6.07) is 10.3. The molecule has 0 aliphatic heterocycles. The molecule has 0 unspecified atom stereocenters. The maximum absolute atomic E-state index is 5.59. The van der Waals surface area contributed by atoms with Crippen molar-refractivity contribution >= 4 is 21.6 Å². The standard InChI is InChI=1S/C15H19BrN2O/c1-2-18(11-13-4-3-9-19-13)15-6-5-12(7-8-17)10-14(15)16/h3-6,9-10H,2,7-8,11,17H2,1H3. The molecule has 4 heteroatoms. The lowest BCUT2D eigenvalue weighted by Gasteiger charge is -2.23. The molecule has 0 radical (unpaired) electrons. The first-order chi connectivity index (χ1) is 9.24. The fourth-order valence-corrected chi connectivity index (χ4v) is 2.76. The number of rotatable bonds is 6. The van der Waals surface area contributed by atoms with Crippen LogP contribution in [0.2, 0.25) is 0 Å². The molecule has 0 bridgehead atoms. The molecule has 1 heterocycles. The summed E-state index contributed by atoms with van der Waals surface area (Å²) in [6.45, 7) is 4.52. The Morgan fingerprint density at radius 1 is 1.32 bits per heavy atom. The van der Waals surface area contributed by atoms with Gasteiger partial charge in [-0.25, -0.2) is 0 Å². The minimum Gasteiger partial charge on any atom is -0.467 e. The number of hydrogen-bond acceptors (Lipinski definition) is 3. The molecule has 0 aliphatic rings. The van der Waals surface area contributed by atoms with Gasteiger partial charge in [-0.3, -0.25) is 0 Å². The van der Waals surface area contributed by atoms with E-state index < -0.39 is 0 Å². The van der Waals surface area contributed by atoms with Crippen molar-refractivity contribution in [1.29, 1.82) is 0 Å². The SMILES string of the molecule is CCN(Cc1ccco1)c1ccc(CCN)cc1Br. The van der Waals surface area contributed by atoms with E-state index in [9.17, 15) is 0 Å². The van der Waals surface area contributed by atoms with Crippen molar-refractivity contribution in [2.75, 3.05) is 18.0 Å². The summed E-state index contributed by atoms with van der Waals surface area (Å²) >= 11 is 3.65. The summed E-state index contributed by atoms with van der Waals surface area (Å²) in [5, 5.41) is 0. The molecule has 1 aromatic carbocycles. The lowest BCUT2D eigenvalue weighted by molar-refractivity contribution is 0.503. The van der Waals surface area contributed by atoms with Crippen LogP contribution >= 0.6 is 15.9 Å². The highest BCUT2D eigenvalue weighted by molar-refractivity contribution is 9.10. The number of halogens is 1. The molecule has 2 aromatic rings. The summed E-state index contributed by atoms with van der Waals surface area (Å²) in [6.07, 6.45) is 2.62. The molecular weight excluding hydrogens is 304 g/mol. The predicted molar refractivity (Wildman–Crippen MR) is 82.3 cm³/mol. The van der Waals surface area contributed by atoms with Crippen LogP contribution in [-0.4, -0.2) is 13.1 Å². The Labute approximate surface area is 122 Å². The van der Waals surface area contributed by atoms with Crippen molar-refractivity contribution in [2.24, 2.45) is 5.73 Å². The highest BCUT2D eigenvalue weighted by Gasteiger charge is 2.11. The smallest absolute Gasteiger partial charge is 0.123 e. The highest BCUT2D eigenvalue weighted by Crippen LogP contribution is 2.28. The van der Waals surface area contributed by atoms with E-state index in [-0.39, 0.29) is 0 Å². The van der Waals surface area contributed by atoms with Crippen LogP contribution in [0.4, 0.5) is 5.69 Å². The van der Waals surface area contributed by atoms with Gasteiger partial charge in [0.25, 0.3) is 0 Å². The maximum atomic E-state index is 5.59. The average molecular weight is 323 g/mol. The first-order valence-corrected chi connectivity index (χ1v) is 7.29. The maximum Gasteiger partial charge on any atom is 0.123 e. The van der Waals surface area contributed by atoms with Crippen LogP contribution in [-0.2, 0) is 13.0 Å². The van der Waals surface area contributed by atoms with Gasteiger partial charge in [-0.1, -0.05) is 6.07 Å². The van der Waals surface area contributed by atoms with Crippen LogP contribution in [0, 0.1) is 0 Å². The molecule has 2 rings (SSSR count). The minimum atomic E-state index is 0.676. The first kappa shape index (κ1) is 14.2. The Morgan fingerprint density at radius 3 is 2.74 bits per heavy atom. The fourth-order valence-electron chi connectivity index (χ4n) is 2.09. The fraction of sp³-hybridized carbons (Fsp3) is 0.333. The van der Waals surface area contributed by atoms with Gasteiger partial charge in [0.2, 0.25) is 0 Å². The van der Waals surface area contributed by atoms with E-state index in [1.54, 1.807) is 6.26 Å². The zero-order valence-electron chi connectivity index (χ0n) is 11.1. The molecule has 2 N–H and O–H groups in total. The molecule has 0 atom stereocenters. The molecule has 1 aromatic heterocycles. The van der Waals surface area contributed by atoms with Crippen molar-refractivity contribution in [1.82, 2.24) is 0 Å². The second-order valence-corrected chi connectivity index (χ2v) is 5.27. The molecule has 0 saturated heterocycles. The number of benzene rings is 1. The van der Waals surface area contributed by atoms with Crippen LogP contribution in [0.5, 0.6) is 0 Å². The van der Waals surface area contributed by atoms with Crippen LogP contribution in [0.15, 0.2) is 45.5 Å². The minimum absolute atomic E-state index is 0.676. The van der Waals surface area contributed by atoms with Gasteiger partial charge in [0, 0.05) is 11.0 Å². The number of hydrogen-bond donors (Lipinski definition) is 1. The molecule has 19 heavy (non-hydrogen) atoms. The zero-order valence-corrected chi connectivity index (χ0v) is 12.7. The summed E-state index contributed by atoms with van der Waals surface area (Å²) in [5.41, 5.74) is 8.02. The van der Waals surface area contributed by atoms with Gasteiger partial charge >= 0.3 is 0 Å². The van der Waals surface area contributed by atoms with Gasteiger partial charge in [0.15, 0.2) is 0 Å². The van der Waals surface area contributed by atoms with E-state index >= 15 is 0 Å². The Morgan fingerprint density at radius 2 is 2.16 bits per heavy atom. The lowest BCUT2D eigenvalue weighted by atomic mass is 10.1. The Bertz CT molecular complexity index is 511. The molecule has 3 nitrogen and oxygen atoms in total. The molecular formula is C15H19BrN2O. The largest absolute Gasteiger partial charge is 0.467 e. The third-order valence-electron chi connectivity index (χ3n) is 3.09. The van der Waals surface area contributed by atoms with Crippen LogP contribution in [0.1, 0.15) is 18.2 Å². The van der Waals surface area contributed by atoms with Crippen molar-refractivity contribution in [2.45, 2.75) is 19.9 Å². The van der Waals surface area contributed by atoms with E-state index in [1.807, 2.05) is 12.1 Å². The third-order valence-corrected chi connectivity index (χ3v) is 3.73. The monoisotopic (exact) mass is 322 g/mol. The second kappa shape index (κ2) is 6.78. The van der Waals surface area contributed by atoms with Gasteiger partial charge in [-0.15, -0.1) is 0 Å². The van der Waals surface area contributed by atoms with Gasteiger partial charge < -0.3 is 15.1 Å². The second-order valence-electron chi connectivity index (χ2n) is 4.42. The Kier molecular flexibility index (Phi) is 5.05. The van der Waals surface area contributed by atoms with Crippen molar-refractivity contribution in [3.8, 4) is 0 Å². The third kappa shape index (κ3) is 3.61. The van der Waals surface area contributed by atoms with E-state index in [1.165, 1.54) is 11.3 Å². The van der Waals surface area contributed by atoms with Crippen molar-refractivity contribution in [3.05, 3.63) is 52.4 Å². The topological polar surface area (TPSA) is 42.4 Å². The molecule has 0 spiro atoms. The van der Waals surface area contributed by atoms with Gasteiger partial charge in [0.05, 0.1) is 18.5 Å². The summed E-state index contributed by atoms with van der Waals surface area (Å²) in [4.78, 5) is 2.27. The molecule has 102 valence electrons. The number of furan rings is 1. The number of nitrogens with two attached hydrogens (primary N) is 1. The average Bonchev–Trinajstić information content (AvgIpc) is 2.90. The van der Waals surface area contributed by atoms with Gasteiger partial charge in [-0.2, -0.15) is 0 Å². The Balaban J connectivity index is 2.18. The lowest BCUT2D eigenvalue weighted by Crippen LogP contribution is -2.22. The highest BCUT2D eigenvalue weighted by atomic mass is 79.9. The molecule has 0 saturated carbocycles. The summed E-state index contributed by atoms with van der Waals surface area (Å²) in [7, 11) is 0. The summed E-state index contributed by atoms with van der Waals surface area (Å²) in [5.74, 6) is 0.972. The number of anilines is 1. The normalized spacial score (nSPS) is 10.7. The summed E-state index contributed by atoms with van der Waals surface area (Å²) < 4.78 is 6.52. The predicted octanol–water partition coefficient (Wildman–Crippen LogP) is 3.57. The molecule has 0 amide bonds. The van der Waals surface area contributed by atoms with Crippen LogP contribution in [0.25, 0.3) is 0 Å². The van der Waals surface area contributed by atoms with E-state index in [0.717, 1.165) is 29.7 Å². The zero-order chi connectivity index (χ0) is 13.7. The van der Waals surface area contributed by atoms with E-state index in [0.29, 0.717) is 6.54 Å². The van der Waals surface area contributed by atoms with E-state index in [2.05, 4.69) is 46.0 Å². The number of nitrogens with zero attached hydrogens (tertiary/aromatic N) is 1. The van der Waals surface area contributed by atoms with E-state index in [4.69, 9.17) is 10.2 Å². The van der Waals surface area contributed by atoms with Crippen LogP contribution in [0.3, 0.4) is 0 Å². The van der Waals surface area contributed by atoms with Gasteiger partial charge in [0.1, 0.15) is 5.76 Å². The molecule has 0 fully saturated rings. The van der Waals surface area contributed by atoms with Crippen LogP contribution < -0.4 is 10.6 Å². The Hall–Kier alpha value is -1.26. The van der Waals surface area contributed by atoms with Gasteiger partial charge in [-0.05, 0) is 65.6 Å². The first-order valence-electron chi connectivity index (χ1n) is 6.50. The van der Waals surface area contributed by atoms with Crippen molar-refractivity contribution in [3.63, 3.8) is 0 Å². The molecule has 0 aliphatic carbocycles. The quantitative estimate of drug-likeness (QED) is 0.884.